The maximum atomic E-state index is 5.85. The molecular weight excluding hydrogens is 280 g/mol. The van der Waals surface area contributed by atoms with E-state index in [4.69, 9.17) is 5.73 Å². The van der Waals surface area contributed by atoms with Crippen molar-refractivity contribution in [1.29, 1.82) is 0 Å². The Balaban J connectivity index is 1.96. The van der Waals surface area contributed by atoms with Crippen LogP contribution in [-0.4, -0.2) is 22.6 Å². The quantitative estimate of drug-likeness (QED) is 0.897. The second-order valence-corrected chi connectivity index (χ2v) is 5.53. The van der Waals surface area contributed by atoms with Gasteiger partial charge in [0.2, 0.25) is 5.95 Å². The molecular formula is C12H19BrN4. The molecule has 0 spiro atoms. The van der Waals surface area contributed by atoms with Crippen LogP contribution in [0.25, 0.3) is 0 Å². The molecule has 94 valence electrons. The lowest BCUT2D eigenvalue weighted by Crippen LogP contribution is -2.37. The molecule has 1 aromatic rings. The molecule has 1 aliphatic carbocycles. The second-order valence-electron chi connectivity index (χ2n) is 4.61. The Kier molecular flexibility index (Phi) is 4.74. The summed E-state index contributed by atoms with van der Waals surface area (Å²) in [5.41, 5.74) is 5.85. The monoisotopic (exact) mass is 298 g/mol. The predicted molar refractivity (Wildman–Crippen MR) is 72.8 cm³/mol. The van der Waals surface area contributed by atoms with Gasteiger partial charge in [-0.3, -0.25) is 0 Å². The van der Waals surface area contributed by atoms with E-state index in [1.54, 1.807) is 12.4 Å². The van der Waals surface area contributed by atoms with E-state index in [0.29, 0.717) is 24.5 Å². The number of hydrogen-bond donors (Lipinski definition) is 2. The molecule has 1 fully saturated rings. The molecule has 4 nitrogen and oxygen atoms in total. The van der Waals surface area contributed by atoms with Gasteiger partial charge in [-0.05, 0) is 34.7 Å². The van der Waals surface area contributed by atoms with E-state index in [1.807, 2.05) is 0 Å². The predicted octanol–water partition coefficient (Wildman–Crippen LogP) is 2.56. The molecule has 1 unspecified atom stereocenters. The fourth-order valence-electron chi connectivity index (χ4n) is 2.46. The molecule has 17 heavy (non-hydrogen) atoms. The van der Waals surface area contributed by atoms with Crippen molar-refractivity contribution in [2.24, 2.45) is 11.7 Å². The highest BCUT2D eigenvalue weighted by Crippen LogP contribution is 2.27. The van der Waals surface area contributed by atoms with Crippen LogP contribution < -0.4 is 11.1 Å². The maximum absolute atomic E-state index is 5.85. The lowest BCUT2D eigenvalue weighted by Gasteiger charge is -2.29. The molecule has 0 aromatic carbocycles. The summed E-state index contributed by atoms with van der Waals surface area (Å²) in [5, 5.41) is 3.36. The number of hydrogen-bond acceptors (Lipinski definition) is 4. The summed E-state index contributed by atoms with van der Waals surface area (Å²) in [6.07, 6.45) is 10.1. The summed E-state index contributed by atoms with van der Waals surface area (Å²) >= 11 is 3.33. The zero-order valence-corrected chi connectivity index (χ0v) is 11.5. The minimum absolute atomic E-state index is 0.302. The van der Waals surface area contributed by atoms with Crippen molar-refractivity contribution < 1.29 is 0 Å². The molecule has 1 saturated carbocycles. The first-order valence-electron chi connectivity index (χ1n) is 6.23. The van der Waals surface area contributed by atoms with Crippen LogP contribution in [-0.2, 0) is 0 Å². The Morgan fingerprint density at radius 1 is 1.29 bits per heavy atom. The van der Waals surface area contributed by atoms with Crippen molar-refractivity contribution in [2.45, 2.75) is 38.1 Å². The van der Waals surface area contributed by atoms with Crippen LogP contribution in [0, 0.1) is 5.92 Å². The molecule has 1 aliphatic rings. The van der Waals surface area contributed by atoms with Gasteiger partial charge < -0.3 is 11.1 Å². The summed E-state index contributed by atoms with van der Waals surface area (Å²) < 4.78 is 0.894. The second kappa shape index (κ2) is 6.31. The zero-order valence-electron chi connectivity index (χ0n) is 9.90. The largest absolute Gasteiger partial charge is 0.350 e. The average molecular weight is 299 g/mol. The van der Waals surface area contributed by atoms with Crippen molar-refractivity contribution in [3.05, 3.63) is 16.9 Å². The molecule has 1 aromatic heterocycles. The van der Waals surface area contributed by atoms with Gasteiger partial charge in [0, 0.05) is 25.0 Å². The standard InChI is InChI=1S/C12H19BrN4/c13-10-7-15-12(16-8-10)17-11(6-14)9-4-2-1-3-5-9/h7-9,11H,1-6,14H2,(H,15,16,17). The Hall–Kier alpha value is -0.680. The summed E-state index contributed by atoms with van der Waals surface area (Å²) in [7, 11) is 0. The Morgan fingerprint density at radius 3 is 2.53 bits per heavy atom. The Labute approximate surface area is 111 Å². The fourth-order valence-corrected chi connectivity index (χ4v) is 2.66. The highest BCUT2D eigenvalue weighted by Gasteiger charge is 2.22. The molecule has 0 bridgehead atoms. The van der Waals surface area contributed by atoms with Crippen molar-refractivity contribution >= 4 is 21.9 Å². The highest BCUT2D eigenvalue weighted by molar-refractivity contribution is 9.10. The van der Waals surface area contributed by atoms with E-state index >= 15 is 0 Å². The lowest BCUT2D eigenvalue weighted by molar-refractivity contribution is 0.320. The van der Waals surface area contributed by atoms with Gasteiger partial charge in [0.15, 0.2) is 0 Å². The molecule has 0 saturated heterocycles. The molecule has 5 heteroatoms. The summed E-state index contributed by atoms with van der Waals surface area (Å²) in [6, 6.07) is 0.302. The van der Waals surface area contributed by atoms with Crippen molar-refractivity contribution in [2.75, 3.05) is 11.9 Å². The van der Waals surface area contributed by atoms with Crippen LogP contribution in [0.4, 0.5) is 5.95 Å². The van der Waals surface area contributed by atoms with Crippen molar-refractivity contribution in [3.8, 4) is 0 Å². The Morgan fingerprint density at radius 2 is 1.94 bits per heavy atom. The third-order valence-corrected chi connectivity index (χ3v) is 3.82. The van der Waals surface area contributed by atoms with Gasteiger partial charge in [0.1, 0.15) is 0 Å². The van der Waals surface area contributed by atoms with E-state index in [2.05, 4.69) is 31.2 Å². The Bertz CT molecular complexity index is 335. The van der Waals surface area contributed by atoms with Gasteiger partial charge in [-0.2, -0.15) is 0 Å². The number of anilines is 1. The molecule has 1 atom stereocenters. The van der Waals surface area contributed by atoms with Gasteiger partial charge in [-0.15, -0.1) is 0 Å². The lowest BCUT2D eigenvalue weighted by atomic mass is 9.84. The number of rotatable bonds is 4. The van der Waals surface area contributed by atoms with Crippen molar-refractivity contribution in [3.63, 3.8) is 0 Å². The van der Waals surface area contributed by atoms with Crippen molar-refractivity contribution in [1.82, 2.24) is 9.97 Å². The average Bonchev–Trinajstić information content (AvgIpc) is 2.39. The maximum Gasteiger partial charge on any atom is 0.222 e. The first-order valence-corrected chi connectivity index (χ1v) is 7.03. The van der Waals surface area contributed by atoms with Gasteiger partial charge in [-0.25, -0.2) is 9.97 Å². The van der Waals surface area contributed by atoms with E-state index < -0.39 is 0 Å². The number of halogens is 1. The molecule has 2 rings (SSSR count). The third kappa shape index (κ3) is 3.64. The number of nitrogens with one attached hydrogen (secondary N) is 1. The molecule has 0 radical (unpaired) electrons. The van der Waals surface area contributed by atoms with E-state index in [-0.39, 0.29) is 0 Å². The smallest absolute Gasteiger partial charge is 0.222 e. The van der Waals surface area contributed by atoms with Gasteiger partial charge >= 0.3 is 0 Å². The zero-order chi connectivity index (χ0) is 12.1. The van der Waals surface area contributed by atoms with Gasteiger partial charge in [-0.1, -0.05) is 19.3 Å². The molecule has 3 N–H and O–H groups in total. The number of nitrogens with two attached hydrogens (primary N) is 1. The van der Waals surface area contributed by atoms with Crippen LogP contribution in [0.3, 0.4) is 0 Å². The molecule has 0 amide bonds. The topological polar surface area (TPSA) is 63.8 Å². The SMILES string of the molecule is NCC(Nc1ncc(Br)cn1)C1CCCCC1. The van der Waals surface area contributed by atoms with Crippen LogP contribution in [0.1, 0.15) is 32.1 Å². The third-order valence-electron chi connectivity index (χ3n) is 3.41. The van der Waals surface area contributed by atoms with Crippen LogP contribution in [0.15, 0.2) is 16.9 Å². The minimum Gasteiger partial charge on any atom is -0.350 e. The van der Waals surface area contributed by atoms with Crippen LogP contribution >= 0.6 is 15.9 Å². The van der Waals surface area contributed by atoms with Gasteiger partial charge in [0.05, 0.1) is 4.47 Å². The van der Waals surface area contributed by atoms with E-state index in [1.165, 1.54) is 32.1 Å². The summed E-state index contributed by atoms with van der Waals surface area (Å²) in [5.74, 6) is 1.34. The summed E-state index contributed by atoms with van der Waals surface area (Å²) in [4.78, 5) is 8.47. The normalized spacial score (nSPS) is 18.9. The van der Waals surface area contributed by atoms with Crippen LogP contribution in [0.2, 0.25) is 0 Å². The highest BCUT2D eigenvalue weighted by atomic mass is 79.9. The number of aromatic nitrogens is 2. The van der Waals surface area contributed by atoms with Crippen LogP contribution in [0.5, 0.6) is 0 Å². The first kappa shape index (κ1) is 12.8. The van der Waals surface area contributed by atoms with E-state index in [9.17, 15) is 0 Å². The van der Waals surface area contributed by atoms with Gasteiger partial charge in [0.25, 0.3) is 0 Å². The van der Waals surface area contributed by atoms with E-state index in [0.717, 1.165) is 4.47 Å². The fraction of sp³-hybridized carbons (Fsp3) is 0.667. The minimum atomic E-state index is 0.302. The molecule has 0 aliphatic heterocycles. The number of nitrogens with zero attached hydrogens (tertiary/aromatic N) is 2. The first-order chi connectivity index (χ1) is 8.29. The summed E-state index contributed by atoms with van der Waals surface area (Å²) in [6.45, 7) is 0.643. The molecule has 1 heterocycles.